The fraction of sp³-hybridized carbons (Fsp3) is 0.241. The van der Waals surface area contributed by atoms with Crippen LogP contribution in [0.2, 0.25) is 0 Å². The summed E-state index contributed by atoms with van der Waals surface area (Å²) in [4.78, 5) is 20.7. The van der Waals surface area contributed by atoms with Gasteiger partial charge < -0.3 is 25.4 Å². The zero-order valence-electron chi connectivity index (χ0n) is 22.2. The number of aromatic nitrogens is 1. The number of nitrogens with zero attached hydrogens (tertiary/aromatic N) is 2. The minimum absolute atomic E-state index is 0.120. The van der Waals surface area contributed by atoms with E-state index in [9.17, 15) is 23.1 Å². The van der Waals surface area contributed by atoms with Crippen LogP contribution in [0.3, 0.4) is 0 Å². The smallest absolute Gasteiger partial charge is 0.506 e. The van der Waals surface area contributed by atoms with Crippen molar-refractivity contribution in [2.24, 2.45) is 0 Å². The molecule has 0 radical (unpaired) electrons. The highest BCUT2D eigenvalue weighted by Gasteiger charge is 2.41. The van der Waals surface area contributed by atoms with E-state index in [-0.39, 0.29) is 22.6 Å². The van der Waals surface area contributed by atoms with Crippen molar-refractivity contribution in [3.8, 4) is 22.1 Å². The van der Waals surface area contributed by atoms with Crippen molar-refractivity contribution in [1.82, 2.24) is 4.98 Å². The molecular formula is C29H27F3N4O3S. The number of carbonyl (C=O) groups is 1. The standard InChI is InChI=1S/C29H27F3N4O3S/c1-16-17(2)40-26(33-16)20-13-14-23(37)25-24(20)28(3,4)15-36(25)22-8-6-5-7-21(22)35-27(38)34-18-9-11-19(12-10-18)39-29(30,31)32/h5-14,37H,15H2,1-4H3,(H2,34,35,38). The number of aromatic hydroxyl groups is 1. The van der Waals surface area contributed by atoms with E-state index >= 15 is 0 Å². The summed E-state index contributed by atoms with van der Waals surface area (Å²) in [6, 6.07) is 15.1. The van der Waals surface area contributed by atoms with E-state index in [0.29, 0.717) is 23.6 Å². The molecule has 2 amide bonds. The van der Waals surface area contributed by atoms with Crippen molar-refractivity contribution in [3.63, 3.8) is 0 Å². The minimum atomic E-state index is -4.80. The molecule has 3 aromatic carbocycles. The third kappa shape index (κ3) is 5.42. The van der Waals surface area contributed by atoms with Gasteiger partial charge in [-0.05, 0) is 67.9 Å². The lowest BCUT2D eigenvalue weighted by Crippen LogP contribution is -2.27. The molecular weight excluding hydrogens is 541 g/mol. The molecule has 0 bridgehead atoms. The van der Waals surface area contributed by atoms with Crippen molar-refractivity contribution in [1.29, 1.82) is 0 Å². The van der Waals surface area contributed by atoms with Gasteiger partial charge in [-0.25, -0.2) is 9.78 Å². The summed E-state index contributed by atoms with van der Waals surface area (Å²) in [5.74, 6) is -0.267. The highest BCUT2D eigenvalue weighted by Crippen LogP contribution is 2.54. The molecule has 0 aliphatic carbocycles. The Morgan fingerprint density at radius 3 is 2.40 bits per heavy atom. The second kappa shape index (κ2) is 10.1. The lowest BCUT2D eigenvalue weighted by atomic mass is 9.83. The molecule has 0 unspecified atom stereocenters. The van der Waals surface area contributed by atoms with E-state index in [1.165, 1.54) is 12.1 Å². The normalized spacial score (nSPS) is 14.1. The Hall–Kier alpha value is -4.25. The van der Waals surface area contributed by atoms with Crippen LogP contribution in [0.1, 0.15) is 30.0 Å². The molecule has 0 atom stereocenters. The van der Waals surface area contributed by atoms with Gasteiger partial charge in [-0.2, -0.15) is 0 Å². The second-order valence-electron chi connectivity index (χ2n) is 10.2. The molecule has 40 heavy (non-hydrogen) atoms. The topological polar surface area (TPSA) is 86.7 Å². The molecule has 7 nitrogen and oxygen atoms in total. The van der Waals surface area contributed by atoms with Gasteiger partial charge in [0.05, 0.1) is 22.8 Å². The van der Waals surface area contributed by atoms with Crippen LogP contribution in [-0.2, 0) is 5.41 Å². The number of phenolic OH excluding ortho intramolecular Hbond substituents is 1. The Kier molecular flexibility index (Phi) is 6.87. The first-order valence-corrected chi connectivity index (χ1v) is 13.3. The lowest BCUT2D eigenvalue weighted by molar-refractivity contribution is -0.274. The van der Waals surface area contributed by atoms with E-state index in [4.69, 9.17) is 4.98 Å². The molecule has 1 aromatic heterocycles. The summed E-state index contributed by atoms with van der Waals surface area (Å²) in [6.45, 7) is 8.77. The molecule has 0 saturated heterocycles. The molecule has 11 heteroatoms. The SMILES string of the molecule is Cc1nc(-c2ccc(O)c3c2C(C)(C)CN3c2ccccc2NC(=O)Nc2ccc(OC(F)(F)F)cc2)sc1C. The average molecular weight is 569 g/mol. The average Bonchev–Trinajstić information content (AvgIpc) is 3.36. The van der Waals surface area contributed by atoms with Crippen LogP contribution in [0.5, 0.6) is 11.5 Å². The van der Waals surface area contributed by atoms with Gasteiger partial charge in [0.15, 0.2) is 0 Å². The number of carbonyl (C=O) groups excluding carboxylic acids is 1. The third-order valence-electron chi connectivity index (χ3n) is 6.70. The number of halogens is 3. The molecule has 0 fully saturated rings. The molecule has 0 saturated carbocycles. The summed E-state index contributed by atoms with van der Waals surface area (Å²) >= 11 is 1.61. The van der Waals surface area contributed by atoms with Crippen LogP contribution in [0, 0.1) is 13.8 Å². The fourth-order valence-corrected chi connectivity index (χ4v) is 5.85. The zero-order valence-corrected chi connectivity index (χ0v) is 23.0. The van der Waals surface area contributed by atoms with Crippen molar-refractivity contribution in [2.45, 2.75) is 39.5 Å². The van der Waals surface area contributed by atoms with Crippen molar-refractivity contribution in [2.75, 3.05) is 22.1 Å². The van der Waals surface area contributed by atoms with Crippen LogP contribution in [0.15, 0.2) is 60.7 Å². The van der Waals surface area contributed by atoms with Gasteiger partial charge in [0, 0.05) is 28.1 Å². The number of amides is 2. The molecule has 0 spiro atoms. The Labute approximate surface area is 233 Å². The Morgan fingerprint density at radius 1 is 1.05 bits per heavy atom. The molecule has 3 N–H and O–H groups in total. The van der Waals surface area contributed by atoms with Gasteiger partial charge in [0.1, 0.15) is 16.5 Å². The van der Waals surface area contributed by atoms with E-state index in [2.05, 4.69) is 29.2 Å². The first-order chi connectivity index (χ1) is 18.8. The molecule has 1 aliphatic heterocycles. The van der Waals surface area contributed by atoms with Gasteiger partial charge >= 0.3 is 12.4 Å². The molecule has 2 heterocycles. The number of hydrogen-bond donors (Lipinski definition) is 3. The quantitative estimate of drug-likeness (QED) is 0.226. The number of benzene rings is 3. The maximum Gasteiger partial charge on any atom is 0.573 e. The number of ether oxygens (including phenoxy) is 1. The number of thiazole rings is 1. The van der Waals surface area contributed by atoms with Gasteiger partial charge in [-0.3, -0.25) is 0 Å². The first-order valence-electron chi connectivity index (χ1n) is 12.4. The van der Waals surface area contributed by atoms with Crippen molar-refractivity contribution >= 4 is 40.1 Å². The van der Waals surface area contributed by atoms with Gasteiger partial charge in [0.2, 0.25) is 0 Å². The number of hydrogen-bond acceptors (Lipinski definition) is 6. The van der Waals surface area contributed by atoms with Gasteiger partial charge in [0.25, 0.3) is 0 Å². The number of fused-ring (bicyclic) bond motifs is 1. The molecule has 1 aliphatic rings. The van der Waals surface area contributed by atoms with Crippen LogP contribution in [-0.4, -0.2) is 29.0 Å². The minimum Gasteiger partial charge on any atom is -0.506 e. The number of anilines is 4. The summed E-state index contributed by atoms with van der Waals surface area (Å²) in [5.41, 5.74) is 4.66. The van der Waals surface area contributed by atoms with Crippen molar-refractivity contribution in [3.05, 3.63) is 76.8 Å². The number of phenols is 1. The number of aryl methyl sites for hydroxylation is 2. The lowest BCUT2D eigenvalue weighted by Gasteiger charge is -2.25. The van der Waals surface area contributed by atoms with Crippen LogP contribution >= 0.6 is 11.3 Å². The Bertz CT molecular complexity index is 1560. The van der Waals surface area contributed by atoms with E-state index < -0.39 is 12.4 Å². The maximum atomic E-state index is 12.9. The number of nitrogens with one attached hydrogen (secondary N) is 2. The highest BCUT2D eigenvalue weighted by atomic mass is 32.1. The Balaban J connectivity index is 1.44. The Morgan fingerprint density at radius 2 is 1.75 bits per heavy atom. The fourth-order valence-electron chi connectivity index (χ4n) is 4.90. The van der Waals surface area contributed by atoms with Crippen LogP contribution in [0.4, 0.5) is 40.7 Å². The molecule has 208 valence electrons. The number of para-hydroxylation sites is 2. The largest absolute Gasteiger partial charge is 0.573 e. The third-order valence-corrected chi connectivity index (χ3v) is 7.81. The number of rotatable bonds is 5. The van der Waals surface area contributed by atoms with Crippen LogP contribution < -0.4 is 20.3 Å². The van der Waals surface area contributed by atoms with Gasteiger partial charge in [-0.15, -0.1) is 24.5 Å². The monoisotopic (exact) mass is 568 g/mol. The molecule has 5 rings (SSSR count). The van der Waals surface area contributed by atoms with E-state index in [1.807, 2.05) is 36.9 Å². The van der Waals surface area contributed by atoms with E-state index in [1.54, 1.807) is 29.5 Å². The number of alkyl halides is 3. The molecule has 4 aromatic rings. The summed E-state index contributed by atoms with van der Waals surface area (Å²) in [5, 5.41) is 17.4. The number of urea groups is 1. The van der Waals surface area contributed by atoms with Crippen molar-refractivity contribution < 1.29 is 27.8 Å². The zero-order chi connectivity index (χ0) is 28.8. The second-order valence-corrected chi connectivity index (χ2v) is 11.4. The first kappa shape index (κ1) is 27.3. The van der Waals surface area contributed by atoms with Gasteiger partial charge in [-0.1, -0.05) is 26.0 Å². The predicted molar refractivity (Wildman–Crippen MR) is 151 cm³/mol. The summed E-state index contributed by atoms with van der Waals surface area (Å²) in [6.07, 6.45) is -4.80. The predicted octanol–water partition coefficient (Wildman–Crippen LogP) is 8.10. The van der Waals surface area contributed by atoms with Crippen LogP contribution in [0.25, 0.3) is 10.6 Å². The summed E-state index contributed by atoms with van der Waals surface area (Å²) < 4.78 is 41.2. The van der Waals surface area contributed by atoms with E-state index in [0.717, 1.165) is 38.8 Å². The highest BCUT2D eigenvalue weighted by molar-refractivity contribution is 7.15. The maximum absolute atomic E-state index is 12.9. The summed E-state index contributed by atoms with van der Waals surface area (Å²) in [7, 11) is 0.